The number of likely N-dealkylation sites (N-methyl/N-ethyl adjacent to an activating group) is 1. The standard InChI is InChI=1S/C14H19NO4/c1-3-11(14(16)17)15(2)8-10-9-18-12-6-4-5-7-13(12)19-10/h4-7,10-11H,3,8-9H2,1-2H3,(H,16,17)/t10-,11+/m0/s1. The van der Waals surface area contributed by atoms with Crippen molar-refractivity contribution in [3.8, 4) is 11.5 Å². The van der Waals surface area contributed by atoms with Gasteiger partial charge < -0.3 is 14.6 Å². The SMILES string of the molecule is CC[C@H](C(=O)O)N(C)C[C@H]1COc2ccccc2O1. The predicted octanol–water partition coefficient (Wildman–Crippen LogP) is 1.62. The molecule has 104 valence electrons. The first-order valence-corrected chi connectivity index (χ1v) is 6.43. The Balaban J connectivity index is 1.96. The lowest BCUT2D eigenvalue weighted by atomic mass is 10.2. The maximum absolute atomic E-state index is 11.1. The molecule has 0 saturated carbocycles. The number of hydrogen-bond acceptors (Lipinski definition) is 4. The molecule has 5 heteroatoms. The van der Waals surface area contributed by atoms with Crippen LogP contribution in [0.5, 0.6) is 11.5 Å². The number of benzene rings is 1. The Kier molecular flexibility index (Phi) is 4.27. The van der Waals surface area contributed by atoms with Crippen molar-refractivity contribution in [2.45, 2.75) is 25.5 Å². The van der Waals surface area contributed by atoms with Gasteiger partial charge in [0, 0.05) is 6.54 Å². The van der Waals surface area contributed by atoms with Gasteiger partial charge in [0.1, 0.15) is 18.8 Å². The number of hydrogen-bond donors (Lipinski definition) is 1. The van der Waals surface area contributed by atoms with Gasteiger partial charge in [0.25, 0.3) is 0 Å². The molecule has 1 aliphatic rings. The van der Waals surface area contributed by atoms with Crippen LogP contribution in [0, 0.1) is 0 Å². The minimum Gasteiger partial charge on any atom is -0.486 e. The van der Waals surface area contributed by atoms with E-state index in [1.165, 1.54) is 0 Å². The van der Waals surface area contributed by atoms with Crippen LogP contribution in [0.2, 0.25) is 0 Å². The molecule has 1 aliphatic heterocycles. The lowest BCUT2D eigenvalue weighted by Gasteiger charge is -2.31. The molecule has 0 saturated heterocycles. The van der Waals surface area contributed by atoms with Crippen molar-refractivity contribution in [3.63, 3.8) is 0 Å². The number of carboxylic acid groups (broad SMARTS) is 1. The topological polar surface area (TPSA) is 59.0 Å². The Hall–Kier alpha value is -1.75. The van der Waals surface area contributed by atoms with Gasteiger partial charge in [0.05, 0.1) is 0 Å². The number of ether oxygens (including phenoxy) is 2. The van der Waals surface area contributed by atoms with E-state index >= 15 is 0 Å². The Labute approximate surface area is 112 Å². The van der Waals surface area contributed by atoms with Gasteiger partial charge in [0.2, 0.25) is 0 Å². The summed E-state index contributed by atoms with van der Waals surface area (Å²) in [5.41, 5.74) is 0. The second-order valence-electron chi connectivity index (χ2n) is 4.70. The third-order valence-corrected chi connectivity index (χ3v) is 3.26. The van der Waals surface area contributed by atoms with E-state index in [4.69, 9.17) is 14.6 Å². The van der Waals surface area contributed by atoms with Gasteiger partial charge in [0.15, 0.2) is 11.5 Å². The lowest BCUT2D eigenvalue weighted by Crippen LogP contribution is -2.46. The minimum atomic E-state index is -0.804. The second-order valence-corrected chi connectivity index (χ2v) is 4.70. The van der Waals surface area contributed by atoms with Gasteiger partial charge in [-0.2, -0.15) is 0 Å². The summed E-state index contributed by atoms with van der Waals surface area (Å²) in [5, 5.41) is 9.12. The first-order chi connectivity index (χ1) is 9.11. The number of rotatable bonds is 5. The van der Waals surface area contributed by atoms with Crippen LogP contribution in [0.4, 0.5) is 0 Å². The van der Waals surface area contributed by atoms with E-state index in [1.807, 2.05) is 31.2 Å². The molecular formula is C14H19NO4. The lowest BCUT2D eigenvalue weighted by molar-refractivity contribution is -0.143. The first kappa shape index (κ1) is 13.7. The smallest absolute Gasteiger partial charge is 0.320 e. The van der Waals surface area contributed by atoms with Gasteiger partial charge in [-0.05, 0) is 25.6 Å². The summed E-state index contributed by atoms with van der Waals surface area (Å²) in [6.07, 6.45) is 0.420. The Morgan fingerprint density at radius 2 is 2.16 bits per heavy atom. The Morgan fingerprint density at radius 3 is 2.79 bits per heavy atom. The first-order valence-electron chi connectivity index (χ1n) is 6.43. The van der Waals surface area contributed by atoms with E-state index in [-0.39, 0.29) is 6.10 Å². The summed E-state index contributed by atoms with van der Waals surface area (Å²) in [7, 11) is 1.80. The number of aliphatic carboxylic acids is 1. The van der Waals surface area contributed by atoms with Crippen LogP contribution in [0.1, 0.15) is 13.3 Å². The number of nitrogens with zero attached hydrogens (tertiary/aromatic N) is 1. The van der Waals surface area contributed by atoms with Crippen LogP contribution in [0.25, 0.3) is 0 Å². The van der Waals surface area contributed by atoms with E-state index in [0.29, 0.717) is 19.6 Å². The molecule has 2 atom stereocenters. The highest BCUT2D eigenvalue weighted by Gasteiger charge is 2.27. The molecule has 0 radical (unpaired) electrons. The van der Waals surface area contributed by atoms with Crippen molar-refractivity contribution in [2.75, 3.05) is 20.2 Å². The van der Waals surface area contributed by atoms with E-state index in [1.54, 1.807) is 11.9 Å². The van der Waals surface area contributed by atoms with Crippen LogP contribution in [-0.2, 0) is 4.79 Å². The van der Waals surface area contributed by atoms with Crippen LogP contribution in [-0.4, -0.2) is 48.3 Å². The van der Waals surface area contributed by atoms with Crippen LogP contribution < -0.4 is 9.47 Å². The van der Waals surface area contributed by atoms with Gasteiger partial charge in [-0.15, -0.1) is 0 Å². The van der Waals surface area contributed by atoms with Crippen molar-refractivity contribution in [3.05, 3.63) is 24.3 Å². The normalized spacial score (nSPS) is 19.2. The highest BCUT2D eigenvalue weighted by atomic mass is 16.6. The zero-order valence-electron chi connectivity index (χ0n) is 11.2. The van der Waals surface area contributed by atoms with Crippen molar-refractivity contribution in [1.82, 2.24) is 4.90 Å². The largest absolute Gasteiger partial charge is 0.486 e. The van der Waals surface area contributed by atoms with Crippen molar-refractivity contribution >= 4 is 5.97 Å². The summed E-state index contributed by atoms with van der Waals surface area (Å²) >= 11 is 0. The van der Waals surface area contributed by atoms with Crippen LogP contribution >= 0.6 is 0 Å². The maximum Gasteiger partial charge on any atom is 0.320 e. The minimum absolute atomic E-state index is 0.145. The molecule has 0 spiro atoms. The predicted molar refractivity (Wildman–Crippen MR) is 70.7 cm³/mol. The van der Waals surface area contributed by atoms with Gasteiger partial charge in [-0.25, -0.2) is 0 Å². The van der Waals surface area contributed by atoms with E-state index in [2.05, 4.69) is 0 Å². The van der Waals surface area contributed by atoms with E-state index in [0.717, 1.165) is 11.5 Å². The molecule has 0 fully saturated rings. The van der Waals surface area contributed by atoms with Gasteiger partial charge >= 0.3 is 5.97 Å². The Bertz CT molecular complexity index is 449. The molecular weight excluding hydrogens is 246 g/mol. The fourth-order valence-corrected chi connectivity index (χ4v) is 2.28. The summed E-state index contributed by atoms with van der Waals surface area (Å²) < 4.78 is 11.4. The third-order valence-electron chi connectivity index (χ3n) is 3.26. The fraction of sp³-hybridized carbons (Fsp3) is 0.500. The molecule has 19 heavy (non-hydrogen) atoms. The van der Waals surface area contributed by atoms with Gasteiger partial charge in [-0.3, -0.25) is 9.69 Å². The van der Waals surface area contributed by atoms with Crippen LogP contribution in [0.3, 0.4) is 0 Å². The summed E-state index contributed by atoms with van der Waals surface area (Å²) in [6.45, 7) is 2.83. The molecule has 1 heterocycles. The van der Waals surface area contributed by atoms with E-state index in [9.17, 15) is 4.79 Å². The maximum atomic E-state index is 11.1. The number of carboxylic acids is 1. The quantitative estimate of drug-likeness (QED) is 0.876. The summed E-state index contributed by atoms with van der Waals surface area (Å²) in [5.74, 6) is 0.657. The highest BCUT2D eigenvalue weighted by molar-refractivity contribution is 5.73. The second kappa shape index (κ2) is 5.93. The molecule has 0 bridgehead atoms. The van der Waals surface area contributed by atoms with Crippen LogP contribution in [0.15, 0.2) is 24.3 Å². The highest BCUT2D eigenvalue weighted by Crippen LogP contribution is 2.31. The van der Waals surface area contributed by atoms with Crippen molar-refractivity contribution in [1.29, 1.82) is 0 Å². The summed E-state index contributed by atoms with van der Waals surface area (Å²) in [6, 6.07) is 7.02. The zero-order valence-corrected chi connectivity index (χ0v) is 11.2. The zero-order chi connectivity index (χ0) is 13.8. The molecule has 1 aromatic rings. The molecule has 1 N–H and O–H groups in total. The third kappa shape index (κ3) is 3.17. The molecule has 2 rings (SSSR count). The average Bonchev–Trinajstić information content (AvgIpc) is 2.39. The number of para-hydroxylation sites is 2. The van der Waals surface area contributed by atoms with Crippen molar-refractivity contribution < 1.29 is 19.4 Å². The monoisotopic (exact) mass is 265 g/mol. The molecule has 0 aliphatic carbocycles. The van der Waals surface area contributed by atoms with E-state index < -0.39 is 12.0 Å². The van der Waals surface area contributed by atoms with Crippen molar-refractivity contribution in [2.24, 2.45) is 0 Å². The van der Waals surface area contributed by atoms with Gasteiger partial charge in [-0.1, -0.05) is 19.1 Å². The number of fused-ring (bicyclic) bond motifs is 1. The Morgan fingerprint density at radius 1 is 1.47 bits per heavy atom. The molecule has 1 aromatic carbocycles. The molecule has 0 unspecified atom stereocenters. The molecule has 0 aromatic heterocycles. The molecule has 5 nitrogen and oxygen atoms in total. The number of carbonyl (C=O) groups is 1. The average molecular weight is 265 g/mol. The summed E-state index contributed by atoms with van der Waals surface area (Å²) in [4.78, 5) is 12.9. The molecule has 0 amide bonds. The fourth-order valence-electron chi connectivity index (χ4n) is 2.28.